The summed E-state index contributed by atoms with van der Waals surface area (Å²) in [6.45, 7) is 9.41. The molecule has 78 valence electrons. The highest BCUT2D eigenvalue weighted by Gasteiger charge is 2.01. The molecule has 3 heteroatoms. The Morgan fingerprint density at radius 1 is 1.36 bits per heavy atom. The van der Waals surface area contributed by atoms with Crippen molar-refractivity contribution in [1.82, 2.24) is 9.13 Å². The maximum atomic E-state index is 11.7. The van der Waals surface area contributed by atoms with Gasteiger partial charge in [-0.05, 0) is 19.8 Å². The maximum Gasteiger partial charge on any atom is 0.328 e. The van der Waals surface area contributed by atoms with E-state index in [0.29, 0.717) is 0 Å². The lowest BCUT2D eigenvalue weighted by Crippen LogP contribution is -2.24. The summed E-state index contributed by atoms with van der Waals surface area (Å²) < 4.78 is 3.49. The van der Waals surface area contributed by atoms with Crippen LogP contribution in [-0.2, 0) is 13.1 Å². The highest BCUT2D eigenvalue weighted by atomic mass is 16.1. The molecular weight excluding hydrogens is 176 g/mol. The van der Waals surface area contributed by atoms with Crippen molar-refractivity contribution in [2.75, 3.05) is 0 Å². The maximum absolute atomic E-state index is 11.7. The lowest BCUT2D eigenvalue weighted by molar-refractivity contribution is 0.600. The van der Waals surface area contributed by atoms with Gasteiger partial charge < -0.3 is 0 Å². The molecule has 0 aliphatic carbocycles. The Morgan fingerprint density at radius 2 is 1.93 bits per heavy atom. The standard InChI is InChI=1S/C11H18N2O/c1-4-6-12-8-9-13(11(12)14)7-5-10(2)3/h8-9H,2,4-7H2,1,3H3. The van der Waals surface area contributed by atoms with Crippen molar-refractivity contribution in [3.05, 3.63) is 35.0 Å². The first kappa shape index (κ1) is 10.8. The molecule has 1 aromatic heterocycles. The molecular formula is C11H18N2O. The summed E-state index contributed by atoms with van der Waals surface area (Å²) in [5.74, 6) is 0. The van der Waals surface area contributed by atoms with Gasteiger partial charge in [0.05, 0.1) is 0 Å². The molecule has 0 atom stereocenters. The first-order valence-electron chi connectivity index (χ1n) is 5.05. The predicted octanol–water partition coefficient (Wildman–Crippen LogP) is 2.03. The molecule has 0 spiro atoms. The molecule has 14 heavy (non-hydrogen) atoms. The van der Waals surface area contributed by atoms with Crippen LogP contribution in [0.15, 0.2) is 29.3 Å². The van der Waals surface area contributed by atoms with Crippen LogP contribution in [0.5, 0.6) is 0 Å². The van der Waals surface area contributed by atoms with Crippen molar-refractivity contribution in [1.29, 1.82) is 0 Å². The molecule has 0 amide bonds. The van der Waals surface area contributed by atoms with Crippen LogP contribution in [0.25, 0.3) is 0 Å². The second kappa shape index (κ2) is 4.84. The summed E-state index contributed by atoms with van der Waals surface area (Å²) in [5.41, 5.74) is 1.20. The first-order valence-corrected chi connectivity index (χ1v) is 5.05. The molecule has 0 unspecified atom stereocenters. The number of imidazole rings is 1. The van der Waals surface area contributed by atoms with Gasteiger partial charge in [-0.3, -0.25) is 9.13 Å². The lowest BCUT2D eigenvalue weighted by Gasteiger charge is -2.00. The average Bonchev–Trinajstić information content (AvgIpc) is 2.46. The monoisotopic (exact) mass is 194 g/mol. The van der Waals surface area contributed by atoms with Gasteiger partial charge in [0.25, 0.3) is 0 Å². The molecule has 1 rings (SSSR count). The van der Waals surface area contributed by atoms with Crippen molar-refractivity contribution in [2.45, 2.75) is 39.8 Å². The van der Waals surface area contributed by atoms with Crippen molar-refractivity contribution in [3.8, 4) is 0 Å². The number of aromatic nitrogens is 2. The Morgan fingerprint density at radius 3 is 2.43 bits per heavy atom. The topological polar surface area (TPSA) is 26.9 Å². The fourth-order valence-corrected chi connectivity index (χ4v) is 1.35. The van der Waals surface area contributed by atoms with E-state index in [1.807, 2.05) is 19.3 Å². The Hall–Kier alpha value is -1.25. The van der Waals surface area contributed by atoms with Crippen LogP contribution in [0.2, 0.25) is 0 Å². The van der Waals surface area contributed by atoms with E-state index in [-0.39, 0.29) is 5.69 Å². The van der Waals surface area contributed by atoms with Crippen LogP contribution in [0.1, 0.15) is 26.7 Å². The van der Waals surface area contributed by atoms with Gasteiger partial charge in [-0.1, -0.05) is 12.5 Å². The lowest BCUT2D eigenvalue weighted by atomic mass is 10.2. The molecule has 0 saturated carbocycles. The van der Waals surface area contributed by atoms with Crippen LogP contribution < -0.4 is 5.69 Å². The molecule has 0 aliphatic rings. The minimum Gasteiger partial charge on any atom is -0.299 e. The van der Waals surface area contributed by atoms with Gasteiger partial charge in [-0.15, -0.1) is 6.58 Å². The van der Waals surface area contributed by atoms with Crippen molar-refractivity contribution in [3.63, 3.8) is 0 Å². The summed E-state index contributed by atoms with van der Waals surface area (Å²) in [5, 5.41) is 0. The quantitative estimate of drug-likeness (QED) is 0.659. The van der Waals surface area contributed by atoms with E-state index in [1.165, 1.54) is 0 Å². The Bertz CT molecular complexity index is 360. The number of hydrogen-bond donors (Lipinski definition) is 0. The zero-order valence-electron chi connectivity index (χ0n) is 8.99. The summed E-state index contributed by atoms with van der Waals surface area (Å²) in [6.07, 6.45) is 5.56. The molecule has 1 heterocycles. The number of hydrogen-bond acceptors (Lipinski definition) is 1. The zero-order chi connectivity index (χ0) is 10.6. The van der Waals surface area contributed by atoms with Gasteiger partial charge in [0, 0.05) is 25.5 Å². The van der Waals surface area contributed by atoms with Crippen LogP contribution in [0.4, 0.5) is 0 Å². The molecule has 0 N–H and O–H groups in total. The summed E-state index contributed by atoms with van der Waals surface area (Å²) >= 11 is 0. The zero-order valence-corrected chi connectivity index (χ0v) is 8.99. The van der Waals surface area contributed by atoms with Crippen molar-refractivity contribution >= 4 is 0 Å². The molecule has 0 fully saturated rings. The van der Waals surface area contributed by atoms with Gasteiger partial charge in [0.1, 0.15) is 0 Å². The van der Waals surface area contributed by atoms with Crippen LogP contribution >= 0.6 is 0 Å². The highest BCUT2D eigenvalue weighted by molar-refractivity contribution is 4.89. The second-order valence-electron chi connectivity index (χ2n) is 3.67. The molecule has 0 radical (unpaired) electrons. The smallest absolute Gasteiger partial charge is 0.299 e. The first-order chi connectivity index (χ1) is 6.65. The summed E-state index contributed by atoms with van der Waals surface area (Å²) in [4.78, 5) is 11.7. The summed E-state index contributed by atoms with van der Waals surface area (Å²) in [7, 11) is 0. The van der Waals surface area contributed by atoms with E-state index < -0.39 is 0 Å². The van der Waals surface area contributed by atoms with Crippen LogP contribution in [0, 0.1) is 0 Å². The second-order valence-corrected chi connectivity index (χ2v) is 3.67. The largest absolute Gasteiger partial charge is 0.328 e. The summed E-state index contributed by atoms with van der Waals surface area (Å²) in [6, 6.07) is 0. The predicted molar refractivity (Wildman–Crippen MR) is 58.4 cm³/mol. The molecule has 3 nitrogen and oxygen atoms in total. The molecule has 0 aromatic carbocycles. The van der Waals surface area contributed by atoms with Gasteiger partial charge in [-0.2, -0.15) is 0 Å². The van der Waals surface area contributed by atoms with E-state index in [4.69, 9.17) is 0 Å². The fraction of sp³-hybridized carbons (Fsp3) is 0.545. The minimum absolute atomic E-state index is 0.0908. The minimum atomic E-state index is 0.0908. The molecule has 0 saturated heterocycles. The Labute approximate surface area is 84.7 Å². The van der Waals surface area contributed by atoms with Gasteiger partial charge in [-0.25, -0.2) is 4.79 Å². The SMILES string of the molecule is C=C(C)CCn1ccn(CCC)c1=O. The number of rotatable bonds is 5. The third-order valence-corrected chi connectivity index (χ3v) is 2.16. The average molecular weight is 194 g/mol. The van der Waals surface area contributed by atoms with E-state index in [9.17, 15) is 4.79 Å². The van der Waals surface area contributed by atoms with Gasteiger partial charge in [0.2, 0.25) is 0 Å². The van der Waals surface area contributed by atoms with E-state index in [1.54, 1.807) is 9.13 Å². The normalized spacial score (nSPS) is 10.4. The van der Waals surface area contributed by atoms with Crippen LogP contribution in [0.3, 0.4) is 0 Å². The van der Waals surface area contributed by atoms with Gasteiger partial charge >= 0.3 is 5.69 Å². The molecule has 0 aliphatic heterocycles. The highest BCUT2D eigenvalue weighted by Crippen LogP contribution is 1.98. The van der Waals surface area contributed by atoms with Crippen molar-refractivity contribution < 1.29 is 0 Å². The Kier molecular flexibility index (Phi) is 3.74. The van der Waals surface area contributed by atoms with E-state index in [0.717, 1.165) is 31.5 Å². The third-order valence-electron chi connectivity index (χ3n) is 2.16. The number of allylic oxidation sites excluding steroid dienone is 1. The van der Waals surface area contributed by atoms with E-state index in [2.05, 4.69) is 13.5 Å². The molecule has 0 bridgehead atoms. The fourth-order valence-electron chi connectivity index (χ4n) is 1.35. The number of nitrogens with zero attached hydrogens (tertiary/aromatic N) is 2. The third kappa shape index (κ3) is 2.62. The van der Waals surface area contributed by atoms with E-state index >= 15 is 0 Å². The van der Waals surface area contributed by atoms with Gasteiger partial charge in [0.15, 0.2) is 0 Å². The van der Waals surface area contributed by atoms with Crippen LogP contribution in [-0.4, -0.2) is 9.13 Å². The number of aryl methyl sites for hydroxylation is 2. The van der Waals surface area contributed by atoms with Crippen molar-refractivity contribution in [2.24, 2.45) is 0 Å². The molecule has 1 aromatic rings. The Balaban J connectivity index is 2.69.